The van der Waals surface area contributed by atoms with Gasteiger partial charge in [0.25, 0.3) is 0 Å². The highest BCUT2D eigenvalue weighted by molar-refractivity contribution is 6.30. The topological polar surface area (TPSA) is 64.6 Å². The molecule has 2 atom stereocenters. The molecule has 1 amide bonds. The number of nitrogens with one attached hydrogen (secondary N) is 1. The molecule has 0 aliphatic heterocycles. The predicted molar refractivity (Wildman–Crippen MR) is 70.8 cm³/mol. The van der Waals surface area contributed by atoms with E-state index in [1.54, 1.807) is 24.3 Å². The number of carbonyl (C=O) groups excluding carboxylic acids is 2. The van der Waals surface area contributed by atoms with Gasteiger partial charge in [0.15, 0.2) is 6.10 Å². The van der Waals surface area contributed by atoms with Crippen molar-refractivity contribution in [3.8, 4) is 0 Å². The fourth-order valence-electron chi connectivity index (χ4n) is 1.71. The van der Waals surface area contributed by atoms with Crippen LogP contribution in [0.4, 0.5) is 0 Å². The Hall–Kier alpha value is -1.59. The second kappa shape index (κ2) is 7.11. The zero-order chi connectivity index (χ0) is 14.4. The van der Waals surface area contributed by atoms with Crippen LogP contribution in [0.3, 0.4) is 0 Å². The molecule has 0 unspecified atom stereocenters. The monoisotopic (exact) mass is 285 g/mol. The normalized spacial score (nSPS) is 13.5. The van der Waals surface area contributed by atoms with Gasteiger partial charge in [-0.25, -0.2) is 4.79 Å². The number of halogens is 1. The largest absolute Gasteiger partial charge is 0.467 e. The van der Waals surface area contributed by atoms with Crippen molar-refractivity contribution in [3.05, 3.63) is 34.9 Å². The molecule has 6 heteroatoms. The molecule has 0 radical (unpaired) electrons. The molecule has 1 aromatic carbocycles. The second-order valence-corrected chi connectivity index (χ2v) is 4.35. The average Bonchev–Trinajstić information content (AvgIpc) is 2.38. The molecule has 104 valence electrons. The first-order valence-corrected chi connectivity index (χ1v) is 6.00. The minimum atomic E-state index is -0.921. The highest BCUT2D eigenvalue weighted by atomic mass is 35.5. The lowest BCUT2D eigenvalue weighted by Gasteiger charge is -2.25. The van der Waals surface area contributed by atoms with Gasteiger partial charge in [-0.15, -0.1) is 0 Å². The van der Waals surface area contributed by atoms with Crippen LogP contribution in [0.25, 0.3) is 0 Å². The van der Waals surface area contributed by atoms with E-state index in [4.69, 9.17) is 16.3 Å². The minimum Gasteiger partial charge on any atom is -0.467 e. The van der Waals surface area contributed by atoms with E-state index in [0.717, 1.165) is 0 Å². The number of benzene rings is 1. The van der Waals surface area contributed by atoms with E-state index in [0.29, 0.717) is 10.6 Å². The summed E-state index contributed by atoms with van der Waals surface area (Å²) in [6.45, 7) is 1.37. The summed E-state index contributed by atoms with van der Waals surface area (Å²) in [6, 6.07) is 6.16. The Labute approximate surface area is 116 Å². The van der Waals surface area contributed by atoms with Crippen molar-refractivity contribution in [1.82, 2.24) is 5.32 Å². The molecule has 19 heavy (non-hydrogen) atoms. The quantitative estimate of drug-likeness (QED) is 0.837. The fourth-order valence-corrected chi connectivity index (χ4v) is 1.83. The molecule has 0 fully saturated rings. The van der Waals surface area contributed by atoms with Crippen LogP contribution in [0.5, 0.6) is 0 Å². The lowest BCUT2D eigenvalue weighted by Crippen LogP contribution is -2.41. The molecule has 0 aliphatic carbocycles. The summed E-state index contributed by atoms with van der Waals surface area (Å²) in [5, 5.41) is 3.24. The van der Waals surface area contributed by atoms with E-state index in [1.165, 1.54) is 21.1 Å². The number of rotatable bonds is 5. The van der Waals surface area contributed by atoms with Crippen LogP contribution in [0.15, 0.2) is 24.3 Å². The third kappa shape index (κ3) is 4.22. The van der Waals surface area contributed by atoms with Gasteiger partial charge in [-0.3, -0.25) is 4.79 Å². The first-order chi connectivity index (χ1) is 8.99. The summed E-state index contributed by atoms with van der Waals surface area (Å²) in [4.78, 5) is 23.0. The van der Waals surface area contributed by atoms with Gasteiger partial charge in [0.2, 0.25) is 5.91 Å². The van der Waals surface area contributed by atoms with Crippen molar-refractivity contribution >= 4 is 23.5 Å². The number of methoxy groups -OCH3 is 2. The maximum absolute atomic E-state index is 11.7. The van der Waals surface area contributed by atoms with Gasteiger partial charge < -0.3 is 14.8 Å². The van der Waals surface area contributed by atoms with Crippen molar-refractivity contribution < 1.29 is 19.1 Å². The smallest absolute Gasteiger partial charge is 0.337 e. The summed E-state index contributed by atoms with van der Waals surface area (Å²) in [7, 11) is 2.65. The standard InChI is InChI=1S/C13H16ClNO4/c1-8(16)15-11(12(18-2)13(17)19-3)9-4-6-10(14)7-5-9/h4-7,11-12H,1-3H3,(H,15,16)/t11-,12-/m0/s1. The van der Waals surface area contributed by atoms with Crippen molar-refractivity contribution in [3.63, 3.8) is 0 Å². The minimum absolute atomic E-state index is 0.272. The summed E-state index contributed by atoms with van der Waals surface area (Å²) >= 11 is 5.82. The van der Waals surface area contributed by atoms with Gasteiger partial charge >= 0.3 is 5.97 Å². The molecule has 0 aromatic heterocycles. The van der Waals surface area contributed by atoms with E-state index < -0.39 is 18.1 Å². The lowest BCUT2D eigenvalue weighted by molar-refractivity contribution is -0.154. The van der Waals surface area contributed by atoms with Crippen LogP contribution in [0.2, 0.25) is 5.02 Å². The number of esters is 1. The number of ether oxygens (including phenoxy) is 2. The molecule has 0 bridgehead atoms. The maximum atomic E-state index is 11.7. The van der Waals surface area contributed by atoms with Gasteiger partial charge in [-0.05, 0) is 17.7 Å². The highest BCUT2D eigenvalue weighted by Gasteiger charge is 2.31. The van der Waals surface area contributed by atoms with Gasteiger partial charge in [0.05, 0.1) is 13.2 Å². The molecule has 0 aliphatic rings. The zero-order valence-electron chi connectivity index (χ0n) is 11.0. The zero-order valence-corrected chi connectivity index (χ0v) is 11.7. The summed E-state index contributed by atoms with van der Waals surface area (Å²) in [6.07, 6.45) is -0.921. The Morgan fingerprint density at radius 2 is 1.79 bits per heavy atom. The number of carbonyl (C=O) groups is 2. The van der Waals surface area contributed by atoms with Crippen molar-refractivity contribution in [1.29, 1.82) is 0 Å². The second-order valence-electron chi connectivity index (χ2n) is 3.91. The van der Waals surface area contributed by atoms with Crippen LogP contribution in [-0.2, 0) is 19.1 Å². The van der Waals surface area contributed by atoms with Crippen LogP contribution in [-0.4, -0.2) is 32.2 Å². The van der Waals surface area contributed by atoms with Crippen LogP contribution >= 0.6 is 11.6 Å². The number of amides is 1. The lowest BCUT2D eigenvalue weighted by atomic mass is 10.0. The van der Waals surface area contributed by atoms with E-state index in [-0.39, 0.29) is 5.91 Å². The van der Waals surface area contributed by atoms with Gasteiger partial charge in [-0.2, -0.15) is 0 Å². The van der Waals surface area contributed by atoms with Gasteiger partial charge in [0.1, 0.15) is 0 Å². The van der Waals surface area contributed by atoms with Crippen molar-refractivity contribution in [2.75, 3.05) is 14.2 Å². The fraction of sp³-hybridized carbons (Fsp3) is 0.385. The Bertz CT molecular complexity index is 446. The Kier molecular flexibility index (Phi) is 5.79. The van der Waals surface area contributed by atoms with Crippen LogP contribution in [0.1, 0.15) is 18.5 Å². The predicted octanol–water partition coefficient (Wildman–Crippen LogP) is 1.71. The maximum Gasteiger partial charge on any atom is 0.337 e. The number of hydrogen-bond acceptors (Lipinski definition) is 4. The molecule has 1 aromatic rings. The van der Waals surface area contributed by atoms with Gasteiger partial charge in [0, 0.05) is 19.1 Å². The third-order valence-electron chi connectivity index (χ3n) is 2.58. The molecule has 1 rings (SSSR count). The first-order valence-electron chi connectivity index (χ1n) is 5.62. The van der Waals surface area contributed by atoms with E-state index >= 15 is 0 Å². The molecule has 0 heterocycles. The van der Waals surface area contributed by atoms with Crippen LogP contribution in [0, 0.1) is 0 Å². The van der Waals surface area contributed by atoms with Crippen molar-refractivity contribution in [2.24, 2.45) is 0 Å². The summed E-state index contributed by atoms with van der Waals surface area (Å²) in [5.74, 6) is -0.831. The van der Waals surface area contributed by atoms with E-state index in [9.17, 15) is 9.59 Å². The van der Waals surface area contributed by atoms with Crippen molar-refractivity contribution in [2.45, 2.75) is 19.1 Å². The first kappa shape index (κ1) is 15.5. The summed E-state index contributed by atoms with van der Waals surface area (Å²) in [5.41, 5.74) is 0.705. The van der Waals surface area contributed by atoms with E-state index in [1.807, 2.05) is 0 Å². The Morgan fingerprint density at radius 1 is 1.21 bits per heavy atom. The molecule has 0 spiro atoms. The molecule has 5 nitrogen and oxygen atoms in total. The third-order valence-corrected chi connectivity index (χ3v) is 2.83. The SMILES string of the molecule is COC(=O)[C@@H](OC)[C@@H](NC(C)=O)c1ccc(Cl)cc1. The molecule has 1 N–H and O–H groups in total. The van der Waals surface area contributed by atoms with Gasteiger partial charge in [-0.1, -0.05) is 23.7 Å². The molecule has 0 saturated heterocycles. The van der Waals surface area contributed by atoms with E-state index in [2.05, 4.69) is 10.1 Å². The molecular weight excluding hydrogens is 270 g/mol. The van der Waals surface area contributed by atoms with Crippen LogP contribution < -0.4 is 5.32 Å². The number of hydrogen-bond donors (Lipinski definition) is 1. The molecule has 0 saturated carbocycles. The molecular formula is C13H16ClNO4. The Balaban J connectivity index is 3.08. The Morgan fingerprint density at radius 3 is 2.21 bits per heavy atom. The highest BCUT2D eigenvalue weighted by Crippen LogP contribution is 2.22. The summed E-state index contributed by atoms with van der Waals surface area (Å²) < 4.78 is 9.80. The average molecular weight is 286 g/mol.